The number of aromatic nitrogens is 2. The molecule has 0 unspecified atom stereocenters. The van der Waals surface area contributed by atoms with E-state index in [9.17, 15) is 9.90 Å². The number of benzene rings is 1. The molecule has 140 valence electrons. The van der Waals surface area contributed by atoms with Crippen molar-refractivity contribution in [2.45, 2.75) is 51.9 Å². The zero-order chi connectivity index (χ0) is 19.4. The second kappa shape index (κ2) is 7.79. The minimum Gasteiger partial charge on any atom is -0.550 e. The number of rotatable bonds is 4. The number of aryl methyl sites for hydroxylation is 1. The van der Waals surface area contributed by atoms with Gasteiger partial charge in [0, 0.05) is 41.3 Å². The highest BCUT2D eigenvalue weighted by Crippen LogP contribution is 2.44. The Morgan fingerprint density at radius 2 is 1.93 bits per heavy atom. The maximum atomic E-state index is 10.6. The molecule has 0 saturated carbocycles. The van der Waals surface area contributed by atoms with E-state index in [2.05, 4.69) is 47.8 Å². The molecule has 0 atom stereocenters. The molecule has 2 aromatic rings. The largest absolute Gasteiger partial charge is 0.550 e. The number of fused-ring (bicyclic) bond motifs is 1. The molecule has 0 radical (unpaired) electrons. The van der Waals surface area contributed by atoms with Gasteiger partial charge >= 0.3 is 0 Å². The van der Waals surface area contributed by atoms with Crippen LogP contribution in [0.25, 0.3) is 0 Å². The molecule has 2 heterocycles. The molecule has 3 rings (SSSR count). The van der Waals surface area contributed by atoms with Gasteiger partial charge < -0.3 is 14.6 Å². The van der Waals surface area contributed by atoms with Gasteiger partial charge in [-0.15, -0.1) is 0 Å². The summed E-state index contributed by atoms with van der Waals surface area (Å²) in [6.45, 7) is 7.25. The number of carboxylic acid groups (broad SMARTS) is 1. The molecule has 1 aromatic carbocycles. The maximum absolute atomic E-state index is 10.6. The minimum absolute atomic E-state index is 0.146. The molecule has 0 spiro atoms. The average molecular weight is 363 g/mol. The first-order valence-corrected chi connectivity index (χ1v) is 9.28. The minimum atomic E-state index is -1.20. The van der Waals surface area contributed by atoms with Gasteiger partial charge in [-0.1, -0.05) is 25.7 Å². The Morgan fingerprint density at radius 1 is 1.22 bits per heavy atom. The summed E-state index contributed by atoms with van der Waals surface area (Å²) in [4.78, 5) is 18.6. The summed E-state index contributed by atoms with van der Waals surface area (Å²) >= 11 is 0. The molecule has 5 heteroatoms. The quantitative estimate of drug-likeness (QED) is 0.779. The Bertz CT molecular complexity index is 904. The predicted molar refractivity (Wildman–Crippen MR) is 100 cm³/mol. The third kappa shape index (κ3) is 3.95. The van der Waals surface area contributed by atoms with Crippen LogP contribution in [-0.2, 0) is 16.6 Å². The van der Waals surface area contributed by atoms with E-state index in [1.165, 1.54) is 18.0 Å². The smallest absolute Gasteiger partial charge is 0.133 e. The van der Waals surface area contributed by atoms with Crippen LogP contribution >= 0.6 is 0 Å². The molecule has 5 nitrogen and oxygen atoms in total. The fourth-order valence-electron chi connectivity index (χ4n) is 3.60. The topological polar surface area (TPSA) is 75.1 Å². The van der Waals surface area contributed by atoms with Gasteiger partial charge in [0.15, 0.2) is 0 Å². The molecule has 0 bridgehead atoms. The number of hydrogen-bond acceptors (Lipinski definition) is 5. The highest BCUT2D eigenvalue weighted by molar-refractivity contribution is 5.66. The fraction of sp³-hybridized carbons (Fsp3) is 0.409. The van der Waals surface area contributed by atoms with E-state index in [-0.39, 0.29) is 17.7 Å². The van der Waals surface area contributed by atoms with Gasteiger partial charge in [0.25, 0.3) is 0 Å². The normalized spacial score (nSPS) is 14.5. The summed E-state index contributed by atoms with van der Waals surface area (Å²) in [5.41, 5.74) is 4.06. The summed E-state index contributed by atoms with van der Waals surface area (Å²) in [5, 5.41) is 10.6. The number of ether oxygens (including phenoxy) is 1. The monoisotopic (exact) mass is 363 g/mol. The van der Waals surface area contributed by atoms with E-state index >= 15 is 0 Å². The Kier molecular flexibility index (Phi) is 5.46. The first kappa shape index (κ1) is 18.9. The van der Waals surface area contributed by atoms with Crippen molar-refractivity contribution in [3.05, 3.63) is 52.6 Å². The predicted octanol–water partition coefficient (Wildman–Crippen LogP) is 2.32. The van der Waals surface area contributed by atoms with Crippen LogP contribution in [0.15, 0.2) is 24.5 Å². The van der Waals surface area contributed by atoms with Crippen LogP contribution in [-0.4, -0.2) is 22.5 Å². The van der Waals surface area contributed by atoms with Crippen molar-refractivity contribution in [1.82, 2.24) is 9.97 Å². The van der Waals surface area contributed by atoms with Crippen molar-refractivity contribution < 1.29 is 14.6 Å². The van der Waals surface area contributed by atoms with Crippen molar-refractivity contribution >= 4 is 5.97 Å². The van der Waals surface area contributed by atoms with E-state index in [0.717, 1.165) is 42.7 Å². The second-order valence-electron chi connectivity index (χ2n) is 6.94. The van der Waals surface area contributed by atoms with E-state index in [0.29, 0.717) is 5.56 Å². The van der Waals surface area contributed by atoms with Crippen LogP contribution in [0.2, 0.25) is 0 Å². The number of aliphatic carboxylic acids is 1. The van der Waals surface area contributed by atoms with Crippen molar-refractivity contribution in [3.8, 4) is 17.6 Å². The zero-order valence-electron chi connectivity index (χ0n) is 16.0. The zero-order valence-corrected chi connectivity index (χ0v) is 16.0. The Labute approximate surface area is 159 Å². The van der Waals surface area contributed by atoms with Crippen LogP contribution in [0, 0.1) is 18.8 Å². The summed E-state index contributed by atoms with van der Waals surface area (Å²) in [6, 6.07) is 4.24. The lowest BCUT2D eigenvalue weighted by atomic mass is 9.71. The van der Waals surface area contributed by atoms with Gasteiger partial charge in [0.1, 0.15) is 11.6 Å². The number of carbonyl (C=O) groups excluding carboxylic acids is 1. The number of carbonyl (C=O) groups is 1. The molecule has 0 fully saturated rings. The Morgan fingerprint density at radius 3 is 2.56 bits per heavy atom. The van der Waals surface area contributed by atoms with Crippen LogP contribution in [0.4, 0.5) is 0 Å². The molecule has 0 N–H and O–H groups in total. The van der Waals surface area contributed by atoms with Gasteiger partial charge in [-0.2, -0.15) is 0 Å². The highest BCUT2D eigenvalue weighted by atomic mass is 16.5. The average Bonchev–Trinajstić information content (AvgIpc) is 2.66. The van der Waals surface area contributed by atoms with Crippen LogP contribution in [0.1, 0.15) is 61.2 Å². The lowest BCUT2D eigenvalue weighted by Crippen LogP contribution is -2.32. The van der Waals surface area contributed by atoms with E-state index in [4.69, 9.17) is 4.74 Å². The molecular formula is C22H23N2O3-. The van der Waals surface area contributed by atoms with Crippen LogP contribution in [0.3, 0.4) is 0 Å². The number of carboxylic acids is 1. The maximum Gasteiger partial charge on any atom is 0.133 e. The van der Waals surface area contributed by atoms with Gasteiger partial charge in [-0.25, -0.2) is 9.97 Å². The van der Waals surface area contributed by atoms with E-state index in [1.54, 1.807) is 0 Å². The highest BCUT2D eigenvalue weighted by Gasteiger charge is 2.35. The molecule has 1 aromatic heterocycles. The second-order valence-corrected chi connectivity index (χ2v) is 6.94. The molecule has 27 heavy (non-hydrogen) atoms. The molecule has 0 aliphatic carbocycles. The molecule has 1 aliphatic rings. The lowest BCUT2D eigenvalue weighted by molar-refractivity contribution is -0.304. The van der Waals surface area contributed by atoms with Gasteiger partial charge in [-0.05, 0) is 43.9 Å². The Balaban J connectivity index is 1.93. The first-order chi connectivity index (χ1) is 13.0. The Hall–Kier alpha value is -2.87. The van der Waals surface area contributed by atoms with Crippen LogP contribution in [0.5, 0.6) is 5.75 Å². The number of nitrogens with zero attached hydrogens (tertiary/aromatic N) is 2. The third-order valence-corrected chi connectivity index (χ3v) is 5.44. The lowest BCUT2D eigenvalue weighted by Gasteiger charge is -2.38. The first-order valence-electron chi connectivity index (χ1n) is 9.28. The molecule has 0 saturated heterocycles. The van der Waals surface area contributed by atoms with Crippen molar-refractivity contribution in [3.63, 3.8) is 0 Å². The summed E-state index contributed by atoms with van der Waals surface area (Å²) in [5.74, 6) is 6.28. The van der Waals surface area contributed by atoms with Crippen molar-refractivity contribution in [2.24, 2.45) is 0 Å². The molecular weight excluding hydrogens is 340 g/mol. The summed E-state index contributed by atoms with van der Waals surface area (Å²) in [6.07, 6.45) is 5.95. The van der Waals surface area contributed by atoms with Crippen molar-refractivity contribution in [2.75, 3.05) is 6.61 Å². The van der Waals surface area contributed by atoms with Gasteiger partial charge in [-0.3, -0.25) is 0 Å². The summed E-state index contributed by atoms with van der Waals surface area (Å²) in [7, 11) is 0. The number of hydrogen-bond donors (Lipinski definition) is 0. The van der Waals surface area contributed by atoms with Crippen molar-refractivity contribution in [1.29, 1.82) is 0 Å². The third-order valence-electron chi connectivity index (χ3n) is 5.44. The fourth-order valence-corrected chi connectivity index (χ4v) is 3.60. The van der Waals surface area contributed by atoms with Gasteiger partial charge in [0.05, 0.1) is 12.2 Å². The standard InChI is InChI=1S/C22H24N2O3/c1-4-22(5-2)8-9-27-19-10-15(3)17(11-18(19)22)7-6-16-13-23-20(24-14-16)12-21(25)26/h10-11,13-14H,4-5,8-9,12H2,1-3H3,(H,25,26)/p-1. The van der Waals surface area contributed by atoms with Crippen LogP contribution < -0.4 is 9.84 Å². The van der Waals surface area contributed by atoms with E-state index in [1.807, 2.05) is 6.92 Å². The summed E-state index contributed by atoms with van der Waals surface area (Å²) < 4.78 is 5.90. The van der Waals surface area contributed by atoms with Gasteiger partial charge in [0.2, 0.25) is 0 Å². The SMILES string of the molecule is CCC1(CC)CCOc2cc(C)c(C#Cc3cnc(CC(=O)[O-])nc3)cc21. The van der Waals surface area contributed by atoms with E-state index < -0.39 is 5.97 Å². The molecule has 0 amide bonds. The molecule has 1 aliphatic heterocycles.